The summed E-state index contributed by atoms with van der Waals surface area (Å²) in [6, 6.07) is 6.44. The van der Waals surface area contributed by atoms with E-state index < -0.39 is 16.7 Å². The number of benzene rings is 1. The van der Waals surface area contributed by atoms with Gasteiger partial charge in [0, 0.05) is 7.05 Å². The van der Waals surface area contributed by atoms with E-state index in [0.717, 1.165) is 27.4 Å². The van der Waals surface area contributed by atoms with E-state index in [2.05, 4.69) is 4.99 Å². The molecule has 0 atom stereocenters. The van der Waals surface area contributed by atoms with Crippen molar-refractivity contribution < 1.29 is 14.1 Å². The normalized spacial score (nSPS) is 12.0. The molecule has 0 radical (unpaired) electrons. The summed E-state index contributed by atoms with van der Waals surface area (Å²) >= 11 is 1.40. The molecule has 3 aromatic rings. The monoisotopic (exact) mass is 331 g/mol. The van der Waals surface area contributed by atoms with Crippen LogP contribution in [0.1, 0.15) is 21.7 Å². The average Bonchev–Trinajstić information content (AvgIpc) is 3.10. The van der Waals surface area contributed by atoms with Crippen LogP contribution in [-0.2, 0) is 7.05 Å². The third-order valence-corrected chi connectivity index (χ3v) is 4.79. The summed E-state index contributed by atoms with van der Waals surface area (Å²) in [5.41, 5.74) is 3.22. The molecule has 0 fully saturated rings. The van der Waals surface area contributed by atoms with Crippen LogP contribution in [0.2, 0.25) is 0 Å². The molecule has 1 aromatic carbocycles. The maximum Gasteiger partial charge on any atom is 0.433 e. The molecule has 0 saturated carbocycles. The number of thiazole rings is 1. The Hall–Kier alpha value is -2.74. The van der Waals surface area contributed by atoms with Crippen LogP contribution in [0, 0.1) is 24.0 Å². The van der Waals surface area contributed by atoms with Crippen molar-refractivity contribution in [2.75, 3.05) is 0 Å². The van der Waals surface area contributed by atoms with Gasteiger partial charge in [0.25, 0.3) is 0 Å². The molecule has 2 heterocycles. The number of carbonyl (C=O) groups excluding carboxylic acids is 1. The standard InChI is InChI=1S/C15H13N3O4S/c1-8-4-5-9(2)13-12(8)17(3)15(23-13)16-14(19)10-6-7-11(22-10)18(20)21/h4-7H,1-3H3. The van der Waals surface area contributed by atoms with Crippen LogP contribution in [-0.4, -0.2) is 15.4 Å². The number of amides is 1. The minimum absolute atomic E-state index is 0.150. The summed E-state index contributed by atoms with van der Waals surface area (Å²) in [5.74, 6) is -1.27. The predicted molar refractivity (Wildman–Crippen MR) is 85.5 cm³/mol. The summed E-state index contributed by atoms with van der Waals surface area (Å²) in [7, 11) is 1.84. The third-order valence-electron chi connectivity index (χ3n) is 3.53. The minimum atomic E-state index is -0.692. The number of hydrogen-bond donors (Lipinski definition) is 0. The summed E-state index contributed by atoms with van der Waals surface area (Å²) in [6.07, 6.45) is 0. The largest absolute Gasteiger partial charge is 0.433 e. The first-order chi connectivity index (χ1) is 10.9. The van der Waals surface area contributed by atoms with Gasteiger partial charge in [-0.25, -0.2) is 0 Å². The van der Waals surface area contributed by atoms with Crippen molar-refractivity contribution in [1.29, 1.82) is 0 Å². The fourth-order valence-corrected chi connectivity index (χ4v) is 3.52. The second-order valence-corrected chi connectivity index (χ2v) is 6.11. The first kappa shape index (κ1) is 15.2. The van der Waals surface area contributed by atoms with Gasteiger partial charge < -0.3 is 8.98 Å². The zero-order valence-corrected chi connectivity index (χ0v) is 13.5. The lowest BCUT2D eigenvalue weighted by Crippen LogP contribution is -2.13. The Morgan fingerprint density at radius 1 is 1.26 bits per heavy atom. The van der Waals surface area contributed by atoms with Crippen LogP contribution in [0.3, 0.4) is 0 Å². The van der Waals surface area contributed by atoms with Crippen molar-refractivity contribution in [3.8, 4) is 0 Å². The van der Waals surface area contributed by atoms with Gasteiger partial charge in [0.1, 0.15) is 4.92 Å². The van der Waals surface area contributed by atoms with Crippen LogP contribution in [0.25, 0.3) is 10.2 Å². The van der Waals surface area contributed by atoms with Gasteiger partial charge in [-0.3, -0.25) is 14.9 Å². The van der Waals surface area contributed by atoms with Gasteiger partial charge in [0.15, 0.2) is 4.80 Å². The van der Waals surface area contributed by atoms with Crippen molar-refractivity contribution in [1.82, 2.24) is 4.57 Å². The number of hydrogen-bond acceptors (Lipinski definition) is 5. The third kappa shape index (κ3) is 2.57. The lowest BCUT2D eigenvalue weighted by atomic mass is 10.1. The second-order valence-electron chi connectivity index (χ2n) is 5.13. The molecule has 0 aliphatic carbocycles. The molecule has 8 heteroatoms. The highest BCUT2D eigenvalue weighted by Crippen LogP contribution is 2.24. The highest BCUT2D eigenvalue weighted by Gasteiger charge is 2.17. The maximum atomic E-state index is 12.2. The molecule has 0 bridgehead atoms. The van der Waals surface area contributed by atoms with Gasteiger partial charge in [-0.05, 0) is 31.0 Å². The van der Waals surface area contributed by atoms with Crippen LogP contribution >= 0.6 is 11.3 Å². The van der Waals surface area contributed by atoms with Crippen molar-refractivity contribution in [3.63, 3.8) is 0 Å². The number of furan rings is 1. The van der Waals surface area contributed by atoms with E-state index in [1.54, 1.807) is 0 Å². The predicted octanol–water partition coefficient (Wildman–Crippen LogP) is 3.10. The van der Waals surface area contributed by atoms with Gasteiger partial charge in [-0.15, -0.1) is 0 Å². The number of aromatic nitrogens is 1. The quantitative estimate of drug-likeness (QED) is 0.533. The smallest absolute Gasteiger partial charge is 0.395 e. The van der Waals surface area contributed by atoms with Crippen LogP contribution in [0.15, 0.2) is 33.7 Å². The molecule has 118 valence electrons. The van der Waals surface area contributed by atoms with Crippen LogP contribution in [0.5, 0.6) is 0 Å². The molecule has 0 saturated heterocycles. The molecule has 0 unspecified atom stereocenters. The molecule has 0 spiro atoms. The first-order valence-electron chi connectivity index (χ1n) is 6.77. The van der Waals surface area contributed by atoms with E-state index in [-0.39, 0.29) is 5.76 Å². The summed E-state index contributed by atoms with van der Waals surface area (Å²) in [5, 5.41) is 10.6. The Kier molecular flexibility index (Phi) is 3.61. The molecule has 1 amide bonds. The molecule has 0 aliphatic heterocycles. The summed E-state index contributed by atoms with van der Waals surface area (Å²) in [4.78, 5) is 26.6. The number of rotatable bonds is 2. The van der Waals surface area contributed by atoms with Crippen molar-refractivity contribution in [2.45, 2.75) is 13.8 Å². The van der Waals surface area contributed by atoms with Crippen molar-refractivity contribution >= 4 is 33.3 Å². The van der Waals surface area contributed by atoms with E-state index in [9.17, 15) is 14.9 Å². The Balaban J connectivity index is 2.12. The lowest BCUT2D eigenvalue weighted by Gasteiger charge is -2.01. The second kappa shape index (κ2) is 5.47. The topological polar surface area (TPSA) is 90.6 Å². The lowest BCUT2D eigenvalue weighted by molar-refractivity contribution is -0.402. The highest BCUT2D eigenvalue weighted by molar-refractivity contribution is 7.16. The Morgan fingerprint density at radius 3 is 2.57 bits per heavy atom. The number of aryl methyl sites for hydroxylation is 3. The highest BCUT2D eigenvalue weighted by atomic mass is 32.1. The minimum Gasteiger partial charge on any atom is -0.395 e. The molecular weight excluding hydrogens is 318 g/mol. The average molecular weight is 331 g/mol. The Bertz CT molecular complexity index is 1010. The van der Waals surface area contributed by atoms with Gasteiger partial charge in [-0.2, -0.15) is 4.99 Å². The van der Waals surface area contributed by atoms with Crippen LogP contribution in [0.4, 0.5) is 5.88 Å². The number of nitro groups is 1. The molecule has 7 nitrogen and oxygen atoms in total. The first-order valence-corrected chi connectivity index (χ1v) is 7.59. The van der Waals surface area contributed by atoms with Gasteiger partial charge >= 0.3 is 11.8 Å². The van der Waals surface area contributed by atoms with E-state index in [4.69, 9.17) is 4.42 Å². The van der Waals surface area contributed by atoms with Crippen molar-refractivity contribution in [3.05, 3.63) is 56.1 Å². The zero-order valence-electron chi connectivity index (χ0n) is 12.7. The number of fused-ring (bicyclic) bond motifs is 1. The van der Waals surface area contributed by atoms with Gasteiger partial charge in [0.05, 0.1) is 16.3 Å². The summed E-state index contributed by atoms with van der Waals surface area (Å²) < 4.78 is 7.80. The van der Waals surface area contributed by atoms with Crippen molar-refractivity contribution in [2.24, 2.45) is 12.0 Å². The van der Waals surface area contributed by atoms with Gasteiger partial charge in [-0.1, -0.05) is 23.5 Å². The zero-order chi connectivity index (χ0) is 16.7. The summed E-state index contributed by atoms with van der Waals surface area (Å²) in [6.45, 7) is 4.00. The number of nitrogens with zero attached hydrogens (tertiary/aromatic N) is 3. The fourth-order valence-electron chi connectivity index (χ4n) is 2.35. The molecule has 2 aromatic heterocycles. The van der Waals surface area contributed by atoms with E-state index in [1.165, 1.54) is 17.4 Å². The van der Waals surface area contributed by atoms with E-state index in [0.29, 0.717) is 4.80 Å². The SMILES string of the molecule is Cc1ccc(C)c2c1sc(=NC(=O)c1ccc([N+](=O)[O-])o1)n2C. The Morgan fingerprint density at radius 2 is 1.96 bits per heavy atom. The van der Waals surface area contributed by atoms with E-state index >= 15 is 0 Å². The fraction of sp³-hybridized carbons (Fsp3) is 0.200. The molecular formula is C15H13N3O4S. The maximum absolute atomic E-state index is 12.2. The van der Waals surface area contributed by atoms with E-state index in [1.807, 2.05) is 37.6 Å². The van der Waals surface area contributed by atoms with Crippen LogP contribution < -0.4 is 4.80 Å². The Labute approximate surface area is 134 Å². The molecule has 23 heavy (non-hydrogen) atoms. The number of carbonyl (C=O) groups is 1. The molecule has 3 rings (SSSR count). The van der Waals surface area contributed by atoms with Gasteiger partial charge in [0.2, 0.25) is 5.76 Å². The molecule has 0 N–H and O–H groups in total. The molecule has 0 aliphatic rings.